The average molecular weight is 547 g/mol. The van der Waals surface area contributed by atoms with Crippen molar-refractivity contribution in [3.8, 4) is 28.7 Å². The fourth-order valence-electron chi connectivity index (χ4n) is 3.77. The van der Waals surface area contributed by atoms with Gasteiger partial charge in [0, 0.05) is 29.4 Å². The van der Waals surface area contributed by atoms with Gasteiger partial charge >= 0.3 is 6.18 Å². The summed E-state index contributed by atoms with van der Waals surface area (Å²) in [5.74, 6) is 1.67. The molecule has 0 radical (unpaired) electrons. The number of ether oxygens (including phenoxy) is 4. The number of amides is 1. The number of anilines is 1. The zero-order chi connectivity index (χ0) is 27.4. The molecule has 0 bridgehead atoms. The summed E-state index contributed by atoms with van der Waals surface area (Å²) < 4.78 is 61.6. The van der Waals surface area contributed by atoms with Crippen molar-refractivity contribution in [3.63, 3.8) is 0 Å². The minimum absolute atomic E-state index is 0.169. The van der Waals surface area contributed by atoms with Crippen molar-refractivity contribution in [1.29, 1.82) is 0 Å². The molecule has 1 aromatic heterocycles. The normalized spacial score (nSPS) is 11.2. The molecule has 1 N–H and O–H groups in total. The molecule has 0 aliphatic heterocycles. The van der Waals surface area contributed by atoms with Crippen molar-refractivity contribution in [2.45, 2.75) is 12.6 Å². The molecule has 0 saturated heterocycles. The second-order valence-electron chi connectivity index (χ2n) is 8.04. The van der Waals surface area contributed by atoms with Crippen LogP contribution in [0.5, 0.6) is 28.7 Å². The van der Waals surface area contributed by atoms with Gasteiger partial charge in [0.1, 0.15) is 5.75 Å². The lowest BCUT2D eigenvalue weighted by atomic mass is 10.1. The van der Waals surface area contributed by atoms with Crippen molar-refractivity contribution >= 4 is 34.1 Å². The van der Waals surface area contributed by atoms with Gasteiger partial charge < -0.3 is 24.3 Å². The first-order valence-electron chi connectivity index (χ1n) is 11.1. The van der Waals surface area contributed by atoms with E-state index in [9.17, 15) is 18.0 Å². The Balaban J connectivity index is 1.54. The monoisotopic (exact) mass is 546 g/mol. The second-order valence-corrected chi connectivity index (χ2v) is 8.45. The van der Waals surface area contributed by atoms with Crippen LogP contribution in [0.25, 0.3) is 10.9 Å². The van der Waals surface area contributed by atoms with E-state index >= 15 is 0 Å². The number of pyridine rings is 1. The predicted octanol–water partition coefficient (Wildman–Crippen LogP) is 6.91. The highest BCUT2D eigenvalue weighted by molar-refractivity contribution is 6.31. The summed E-state index contributed by atoms with van der Waals surface area (Å²) in [6.07, 6.45) is -3.31. The molecule has 4 aromatic rings. The molecule has 11 heteroatoms. The molecular formula is C27H22ClF3N2O5. The number of aromatic nitrogens is 1. The largest absolute Gasteiger partial charge is 0.493 e. The van der Waals surface area contributed by atoms with Crippen LogP contribution >= 0.6 is 11.6 Å². The molecule has 0 spiro atoms. The summed E-state index contributed by atoms with van der Waals surface area (Å²) in [7, 11) is 4.50. The number of halogens is 4. The number of hydrogen-bond donors (Lipinski definition) is 1. The average Bonchev–Trinajstić information content (AvgIpc) is 2.89. The maximum Gasteiger partial charge on any atom is 0.417 e. The van der Waals surface area contributed by atoms with Crippen LogP contribution in [0.15, 0.2) is 60.8 Å². The number of fused-ring (bicyclic) bond motifs is 1. The van der Waals surface area contributed by atoms with E-state index in [1.54, 1.807) is 42.6 Å². The van der Waals surface area contributed by atoms with Gasteiger partial charge in [-0.1, -0.05) is 17.7 Å². The van der Waals surface area contributed by atoms with Gasteiger partial charge in [-0.05, 0) is 42.0 Å². The molecule has 4 rings (SSSR count). The molecule has 1 heterocycles. The highest BCUT2D eigenvalue weighted by atomic mass is 35.5. The van der Waals surface area contributed by atoms with E-state index in [2.05, 4.69) is 10.3 Å². The molecule has 1 amide bonds. The van der Waals surface area contributed by atoms with Crippen molar-refractivity contribution in [2.24, 2.45) is 0 Å². The number of rotatable bonds is 8. The van der Waals surface area contributed by atoms with Crippen LogP contribution in [0.3, 0.4) is 0 Å². The molecule has 0 atom stereocenters. The smallest absolute Gasteiger partial charge is 0.417 e. The quantitative estimate of drug-likeness (QED) is 0.259. The first-order chi connectivity index (χ1) is 18.1. The summed E-state index contributed by atoms with van der Waals surface area (Å²) >= 11 is 5.65. The topological polar surface area (TPSA) is 78.9 Å². The minimum atomic E-state index is -4.62. The Kier molecular flexibility index (Phi) is 7.82. The Labute approximate surface area is 221 Å². The fraction of sp³-hybridized carbons (Fsp3) is 0.185. The molecule has 0 unspecified atom stereocenters. The van der Waals surface area contributed by atoms with Crippen LogP contribution in [0.4, 0.5) is 18.9 Å². The van der Waals surface area contributed by atoms with E-state index < -0.39 is 22.7 Å². The lowest BCUT2D eigenvalue weighted by molar-refractivity contribution is -0.137. The zero-order valence-electron chi connectivity index (χ0n) is 20.5. The summed E-state index contributed by atoms with van der Waals surface area (Å²) in [4.78, 5) is 16.9. The van der Waals surface area contributed by atoms with Gasteiger partial charge in [0.15, 0.2) is 23.0 Å². The fourth-order valence-corrected chi connectivity index (χ4v) is 4.00. The van der Waals surface area contributed by atoms with E-state index in [1.165, 1.54) is 27.4 Å². The Hall–Kier alpha value is -4.18. The van der Waals surface area contributed by atoms with Crippen molar-refractivity contribution in [2.75, 3.05) is 26.6 Å². The minimum Gasteiger partial charge on any atom is -0.493 e. The molecule has 0 aliphatic carbocycles. The van der Waals surface area contributed by atoms with Crippen LogP contribution < -0.4 is 24.3 Å². The van der Waals surface area contributed by atoms with Crippen LogP contribution in [0, 0.1) is 0 Å². The Morgan fingerprint density at radius 1 is 0.868 bits per heavy atom. The molecule has 198 valence electrons. The Bertz CT molecular complexity index is 1490. The summed E-state index contributed by atoms with van der Waals surface area (Å²) in [6.45, 7) is 0. The first kappa shape index (κ1) is 26.9. The van der Waals surface area contributed by atoms with Gasteiger partial charge in [0.2, 0.25) is 5.91 Å². The number of nitrogens with one attached hydrogen (secondary N) is 1. The number of benzene rings is 3. The number of alkyl halides is 3. The predicted molar refractivity (Wildman–Crippen MR) is 137 cm³/mol. The molecule has 7 nitrogen and oxygen atoms in total. The molecular weight excluding hydrogens is 525 g/mol. The SMILES string of the molecule is COc1cc2nccc(Oc3ccc(NC(=O)Cc4ccc(Cl)c(C(F)(F)F)c4)cc3OC)c2cc1OC. The van der Waals surface area contributed by atoms with Crippen molar-refractivity contribution in [3.05, 3.63) is 76.9 Å². The van der Waals surface area contributed by atoms with Gasteiger partial charge in [0.05, 0.1) is 43.9 Å². The third-order valence-electron chi connectivity index (χ3n) is 5.58. The maximum absolute atomic E-state index is 13.1. The van der Waals surface area contributed by atoms with Crippen LogP contribution in [-0.2, 0) is 17.4 Å². The van der Waals surface area contributed by atoms with Gasteiger partial charge in [0.25, 0.3) is 0 Å². The number of carbonyl (C=O) groups excluding carboxylic acids is 1. The standard InChI is InChI=1S/C27H22ClF3N2O5/c1-35-23-12-16(33-26(34)11-15-4-6-19(28)18(10-15)27(29,30)31)5-7-22(23)38-21-8-9-32-20-14-25(37-3)24(36-2)13-17(20)21/h4-10,12-14H,11H2,1-3H3,(H,33,34). The summed E-state index contributed by atoms with van der Waals surface area (Å²) in [6, 6.07) is 13.3. The Morgan fingerprint density at radius 3 is 2.24 bits per heavy atom. The summed E-state index contributed by atoms with van der Waals surface area (Å²) in [5.41, 5.74) is 0.171. The van der Waals surface area contributed by atoms with Crippen LogP contribution in [0.1, 0.15) is 11.1 Å². The molecule has 38 heavy (non-hydrogen) atoms. The lowest BCUT2D eigenvalue weighted by Crippen LogP contribution is -2.15. The van der Waals surface area contributed by atoms with Crippen molar-refractivity contribution in [1.82, 2.24) is 4.98 Å². The van der Waals surface area contributed by atoms with E-state index in [0.29, 0.717) is 45.3 Å². The van der Waals surface area contributed by atoms with E-state index in [-0.39, 0.29) is 12.0 Å². The third-order valence-corrected chi connectivity index (χ3v) is 5.90. The number of carbonyl (C=O) groups is 1. The maximum atomic E-state index is 13.1. The third kappa shape index (κ3) is 5.86. The van der Waals surface area contributed by atoms with Crippen molar-refractivity contribution < 1.29 is 36.9 Å². The number of methoxy groups -OCH3 is 3. The highest BCUT2D eigenvalue weighted by Crippen LogP contribution is 2.40. The Morgan fingerprint density at radius 2 is 1.55 bits per heavy atom. The zero-order valence-corrected chi connectivity index (χ0v) is 21.2. The van der Waals surface area contributed by atoms with E-state index in [4.69, 9.17) is 30.5 Å². The summed E-state index contributed by atoms with van der Waals surface area (Å²) in [5, 5.41) is 2.90. The van der Waals surface area contributed by atoms with Gasteiger partial charge in [-0.2, -0.15) is 13.2 Å². The van der Waals surface area contributed by atoms with Gasteiger partial charge in [-0.25, -0.2) is 0 Å². The van der Waals surface area contributed by atoms with Crippen LogP contribution in [0.2, 0.25) is 5.02 Å². The van der Waals surface area contributed by atoms with Gasteiger partial charge in [-0.15, -0.1) is 0 Å². The highest BCUT2D eigenvalue weighted by Gasteiger charge is 2.33. The molecule has 0 saturated carbocycles. The van der Waals surface area contributed by atoms with Crippen LogP contribution in [-0.4, -0.2) is 32.2 Å². The van der Waals surface area contributed by atoms with E-state index in [0.717, 1.165) is 12.1 Å². The van der Waals surface area contributed by atoms with E-state index in [1.807, 2.05) is 0 Å². The number of hydrogen-bond acceptors (Lipinski definition) is 6. The molecule has 0 fully saturated rings. The molecule has 0 aliphatic rings. The first-order valence-corrected chi connectivity index (χ1v) is 11.5. The number of nitrogens with zero attached hydrogens (tertiary/aromatic N) is 1. The van der Waals surface area contributed by atoms with Gasteiger partial charge in [-0.3, -0.25) is 9.78 Å². The molecule has 3 aromatic carbocycles. The second kappa shape index (κ2) is 11.1. The lowest BCUT2D eigenvalue weighted by Gasteiger charge is -2.15.